The summed E-state index contributed by atoms with van der Waals surface area (Å²) in [6.45, 7) is 16.6. The molecule has 1 aliphatic heterocycles. The van der Waals surface area contributed by atoms with Gasteiger partial charge in [-0.05, 0) is 0 Å². The first-order valence-electron chi connectivity index (χ1n) is 12.7. The third kappa shape index (κ3) is 12.1. The maximum absolute atomic E-state index is 12.4. The molecule has 0 N–H and O–H groups in total. The molecule has 0 aromatic carbocycles. The van der Waals surface area contributed by atoms with E-state index in [1.54, 1.807) is 0 Å². The molecule has 4 nitrogen and oxygen atoms in total. The van der Waals surface area contributed by atoms with E-state index in [0.29, 0.717) is 0 Å². The van der Waals surface area contributed by atoms with E-state index < -0.39 is 29.8 Å². The minimum atomic E-state index is -2.35. The summed E-state index contributed by atoms with van der Waals surface area (Å²) in [5, 5.41) is 0. The van der Waals surface area contributed by atoms with E-state index >= 15 is 0 Å². The van der Waals surface area contributed by atoms with Crippen molar-refractivity contribution in [2.45, 2.75) is 144 Å². The predicted octanol–water partition coefficient (Wildman–Crippen LogP) is 7.57. The van der Waals surface area contributed by atoms with Gasteiger partial charge in [0, 0.05) is 0 Å². The second-order valence-corrected chi connectivity index (χ2v) is 23.9. The number of ether oxygens (including phenoxy) is 3. The fraction of sp³-hybridized carbons (Fsp3) is 0.885. The molecule has 31 heavy (non-hydrogen) atoms. The second kappa shape index (κ2) is 13.6. The van der Waals surface area contributed by atoms with E-state index in [2.05, 4.69) is 30.9 Å². The molecule has 0 aromatic heterocycles. The van der Waals surface area contributed by atoms with E-state index in [-0.39, 0.29) is 24.6 Å². The van der Waals surface area contributed by atoms with Gasteiger partial charge in [0.1, 0.15) is 0 Å². The summed E-state index contributed by atoms with van der Waals surface area (Å²) >= 11 is -2.35. The number of carbonyl (C=O) groups excluding carboxylic acids is 1. The summed E-state index contributed by atoms with van der Waals surface area (Å²) in [7, 11) is 0. The van der Waals surface area contributed by atoms with E-state index in [4.69, 9.17) is 14.2 Å². The van der Waals surface area contributed by atoms with Crippen LogP contribution >= 0.6 is 0 Å². The van der Waals surface area contributed by atoms with E-state index in [1.807, 2.05) is 34.6 Å². The van der Waals surface area contributed by atoms with Gasteiger partial charge in [-0.25, -0.2) is 0 Å². The molecule has 1 saturated heterocycles. The zero-order chi connectivity index (χ0) is 23.5. The fourth-order valence-corrected chi connectivity index (χ4v) is 18.9. The van der Waals surface area contributed by atoms with Crippen molar-refractivity contribution in [1.82, 2.24) is 0 Å². The van der Waals surface area contributed by atoms with Crippen molar-refractivity contribution in [3.05, 3.63) is 10.2 Å². The van der Waals surface area contributed by atoms with Crippen LogP contribution in [0.1, 0.15) is 107 Å². The number of carbonyl (C=O) groups is 1. The van der Waals surface area contributed by atoms with Crippen molar-refractivity contribution in [3.8, 4) is 0 Å². The molecule has 0 amide bonds. The Morgan fingerprint density at radius 2 is 1.52 bits per heavy atom. The number of unbranched alkanes of at least 4 members (excludes halogenated alkanes) is 3. The summed E-state index contributed by atoms with van der Waals surface area (Å²) in [4.78, 5) is 12.4. The summed E-state index contributed by atoms with van der Waals surface area (Å²) < 4.78 is 24.9. The Morgan fingerprint density at radius 3 is 1.97 bits per heavy atom. The van der Waals surface area contributed by atoms with Gasteiger partial charge in [0.15, 0.2) is 0 Å². The number of hydrogen-bond donors (Lipinski definition) is 0. The van der Waals surface area contributed by atoms with Crippen molar-refractivity contribution in [1.29, 1.82) is 0 Å². The fourth-order valence-electron chi connectivity index (χ4n) is 4.48. The van der Waals surface area contributed by atoms with E-state index in [1.165, 1.54) is 51.8 Å². The van der Waals surface area contributed by atoms with Crippen molar-refractivity contribution in [2.75, 3.05) is 0 Å². The van der Waals surface area contributed by atoms with Gasteiger partial charge in [-0.15, -0.1) is 0 Å². The topological polar surface area (TPSA) is 44.8 Å². The van der Waals surface area contributed by atoms with Crippen LogP contribution in [0.25, 0.3) is 0 Å². The first-order valence-corrected chi connectivity index (χ1v) is 20.4. The number of rotatable bonds is 13. The molecule has 1 fully saturated rings. The molecule has 2 unspecified atom stereocenters. The Balaban J connectivity index is 2.94. The SMILES string of the molecule is CCC[CH2][Sn]([CH]=CC1CC(CC(=O)OC(C)(C)C)OC(C)(C)O1)([CH2]CCC)[CH2]CCC. The first-order chi connectivity index (χ1) is 14.4. The van der Waals surface area contributed by atoms with E-state index in [9.17, 15) is 4.79 Å². The molecule has 0 aromatic rings. The quantitative estimate of drug-likeness (QED) is 0.177. The van der Waals surface area contributed by atoms with Crippen LogP contribution in [0.2, 0.25) is 13.3 Å². The predicted molar refractivity (Wildman–Crippen MR) is 133 cm³/mol. The summed E-state index contributed by atoms with van der Waals surface area (Å²) in [5.74, 6) is -0.880. The van der Waals surface area contributed by atoms with Gasteiger partial charge in [-0.1, -0.05) is 0 Å². The molecule has 5 heteroatoms. The average molecular weight is 545 g/mol. The standard InChI is InChI=1S/C14H23O4.3C4H9.Sn/c1-7-10-8-11(17-14(5,6)16-10)9-12(15)18-13(2,3)4;3*1-3-4-2;/h1,7,10-11H,8-9H2,2-6H3;3*1,3-4H2,2H3;. The summed E-state index contributed by atoms with van der Waals surface area (Å²) in [5.41, 5.74) is -0.469. The van der Waals surface area contributed by atoms with Crippen LogP contribution in [-0.4, -0.2) is 47.9 Å². The Bertz CT molecular complexity index is 528. The van der Waals surface area contributed by atoms with Gasteiger partial charge in [0.25, 0.3) is 0 Å². The van der Waals surface area contributed by atoms with Gasteiger partial charge in [0.05, 0.1) is 0 Å². The normalized spacial score (nSPS) is 22.1. The molecule has 0 aliphatic carbocycles. The summed E-state index contributed by atoms with van der Waals surface area (Å²) in [6.07, 6.45) is 11.1. The Hall–Kier alpha value is -0.0713. The number of esters is 1. The van der Waals surface area contributed by atoms with Gasteiger partial charge in [-0.3, -0.25) is 0 Å². The van der Waals surface area contributed by atoms with Crippen LogP contribution < -0.4 is 0 Å². The Kier molecular flexibility index (Phi) is 12.7. The molecule has 0 spiro atoms. The molecular formula is C26H50O4Sn. The van der Waals surface area contributed by atoms with Gasteiger partial charge >= 0.3 is 197 Å². The zero-order valence-electron chi connectivity index (χ0n) is 21.7. The van der Waals surface area contributed by atoms with E-state index in [0.717, 1.165) is 6.42 Å². The molecule has 1 heterocycles. The van der Waals surface area contributed by atoms with Crippen molar-refractivity contribution in [3.63, 3.8) is 0 Å². The van der Waals surface area contributed by atoms with Gasteiger partial charge in [0.2, 0.25) is 0 Å². The molecule has 1 rings (SSSR count). The first kappa shape index (κ1) is 29.0. The number of hydrogen-bond acceptors (Lipinski definition) is 4. The Morgan fingerprint density at radius 1 is 1.00 bits per heavy atom. The molecule has 0 saturated carbocycles. The molecule has 2 atom stereocenters. The monoisotopic (exact) mass is 546 g/mol. The van der Waals surface area contributed by atoms with Crippen LogP contribution in [-0.2, 0) is 19.0 Å². The Labute approximate surface area is 196 Å². The van der Waals surface area contributed by atoms with Crippen LogP contribution in [0.3, 0.4) is 0 Å². The van der Waals surface area contributed by atoms with Crippen LogP contribution in [0, 0.1) is 0 Å². The molecule has 0 radical (unpaired) electrons. The van der Waals surface area contributed by atoms with Crippen LogP contribution in [0.4, 0.5) is 0 Å². The molecule has 1 aliphatic rings. The van der Waals surface area contributed by atoms with Gasteiger partial charge in [-0.2, -0.15) is 0 Å². The zero-order valence-corrected chi connectivity index (χ0v) is 24.6. The van der Waals surface area contributed by atoms with Crippen LogP contribution in [0.5, 0.6) is 0 Å². The average Bonchev–Trinajstić information content (AvgIpc) is 2.64. The maximum atomic E-state index is 12.4. The second-order valence-electron chi connectivity index (χ2n) is 10.9. The molecule has 0 bridgehead atoms. The van der Waals surface area contributed by atoms with Gasteiger partial charge < -0.3 is 0 Å². The molecule has 182 valence electrons. The summed E-state index contributed by atoms with van der Waals surface area (Å²) in [6, 6.07) is 0. The van der Waals surface area contributed by atoms with Crippen molar-refractivity contribution in [2.24, 2.45) is 0 Å². The van der Waals surface area contributed by atoms with Crippen LogP contribution in [0.15, 0.2) is 10.2 Å². The third-order valence-electron chi connectivity index (χ3n) is 5.94. The third-order valence-corrected chi connectivity index (χ3v) is 20.1. The van der Waals surface area contributed by atoms with Crippen molar-refractivity contribution >= 4 is 24.3 Å². The molecular weight excluding hydrogens is 495 g/mol. The van der Waals surface area contributed by atoms with Crippen molar-refractivity contribution < 1.29 is 19.0 Å². The minimum absolute atomic E-state index is 0.0112.